The lowest BCUT2D eigenvalue weighted by Gasteiger charge is -2.31. The van der Waals surface area contributed by atoms with E-state index in [9.17, 15) is 24.9 Å². The highest BCUT2D eigenvalue weighted by Gasteiger charge is 2.45. The number of aliphatic hydroxyl groups excluding tert-OH is 1. The topological polar surface area (TPSA) is 122 Å². The molecule has 4 heterocycles. The van der Waals surface area contributed by atoms with Gasteiger partial charge in [-0.15, -0.1) is 0 Å². The average molecular weight is 473 g/mol. The highest BCUT2D eigenvalue weighted by Crippen LogP contribution is 2.39. The highest BCUT2D eigenvalue weighted by atomic mass is 79.9. The van der Waals surface area contributed by atoms with E-state index in [1.54, 1.807) is 29.7 Å². The molecule has 0 amide bonds. The predicted octanol–water partition coefficient (Wildman–Crippen LogP) is 1.83. The van der Waals surface area contributed by atoms with Crippen LogP contribution in [-0.2, 0) is 28.3 Å². The molecule has 2 aromatic heterocycles. The third kappa shape index (κ3) is 2.53. The predicted molar refractivity (Wildman–Crippen MR) is 109 cm³/mol. The number of aromatic nitrogens is 2. The molecule has 0 spiro atoms. The number of ether oxygens (including phenoxy) is 1. The molecular weight excluding hydrogens is 456 g/mol. The number of hydrogen-bond donors (Lipinski definition) is 3. The Balaban J connectivity index is 1.78. The fourth-order valence-corrected chi connectivity index (χ4v) is 4.79. The molecule has 5 rings (SSSR count). The summed E-state index contributed by atoms with van der Waals surface area (Å²) in [6, 6.07) is 6.72. The highest BCUT2D eigenvalue weighted by molar-refractivity contribution is 9.10. The maximum Gasteiger partial charge on any atom is 0.343 e. The number of benzene rings is 1. The van der Waals surface area contributed by atoms with Gasteiger partial charge < -0.3 is 24.6 Å². The molecule has 0 radical (unpaired) electrons. The monoisotopic (exact) mass is 472 g/mol. The first-order valence-corrected chi connectivity index (χ1v) is 10.2. The maximum absolute atomic E-state index is 13.1. The zero-order valence-electron chi connectivity index (χ0n) is 15.8. The number of aliphatic hydroxyl groups is 3. The molecule has 3 N–H and O–H groups in total. The second-order valence-electron chi connectivity index (χ2n) is 7.54. The lowest BCUT2D eigenvalue weighted by Crippen LogP contribution is -2.44. The van der Waals surface area contributed by atoms with E-state index in [0.717, 1.165) is 10.9 Å². The Morgan fingerprint density at radius 2 is 2.03 bits per heavy atom. The van der Waals surface area contributed by atoms with Crippen LogP contribution in [0.15, 0.2) is 33.5 Å². The van der Waals surface area contributed by atoms with E-state index in [2.05, 4.69) is 20.9 Å². The number of rotatable bonds is 2. The average Bonchev–Trinajstić information content (AvgIpc) is 3.08. The Kier molecular flexibility index (Phi) is 4.17. The number of cyclic esters (lactones) is 1. The van der Waals surface area contributed by atoms with Crippen molar-refractivity contribution >= 4 is 32.8 Å². The van der Waals surface area contributed by atoms with Crippen molar-refractivity contribution in [1.29, 1.82) is 0 Å². The minimum Gasteiger partial charge on any atom is -0.458 e. The molecule has 0 saturated heterocycles. The number of pyridine rings is 2. The summed E-state index contributed by atoms with van der Waals surface area (Å²) in [6.45, 7) is 1.78. The molecule has 1 atom stereocenters. The van der Waals surface area contributed by atoms with Crippen molar-refractivity contribution in [3.05, 3.63) is 61.3 Å². The second-order valence-corrected chi connectivity index (χ2v) is 8.40. The largest absolute Gasteiger partial charge is 0.458 e. The van der Waals surface area contributed by atoms with Crippen LogP contribution in [0.2, 0.25) is 0 Å². The van der Waals surface area contributed by atoms with Crippen molar-refractivity contribution in [2.45, 2.75) is 38.4 Å². The van der Waals surface area contributed by atoms with E-state index in [4.69, 9.17) is 4.74 Å². The van der Waals surface area contributed by atoms with E-state index < -0.39 is 17.9 Å². The Hall–Kier alpha value is -2.59. The van der Waals surface area contributed by atoms with Crippen LogP contribution in [0.4, 0.5) is 0 Å². The quantitative estimate of drug-likeness (QED) is 0.300. The summed E-state index contributed by atoms with van der Waals surface area (Å²) in [5.74, 6) is -0.767. The fourth-order valence-electron chi connectivity index (χ4n) is 4.21. The SMILES string of the molecule is CC[C@@]1(O)C(=O)OCc2c1cc1n(c2=O)Cc2cc3c(Br)cc(C(O)O)cc3nc2-1. The van der Waals surface area contributed by atoms with Crippen molar-refractivity contribution in [3.8, 4) is 11.4 Å². The van der Waals surface area contributed by atoms with Gasteiger partial charge >= 0.3 is 5.97 Å². The van der Waals surface area contributed by atoms with Crippen LogP contribution >= 0.6 is 15.9 Å². The third-order valence-corrected chi connectivity index (χ3v) is 6.55. The van der Waals surface area contributed by atoms with Gasteiger partial charge in [0.05, 0.1) is 29.0 Å². The van der Waals surface area contributed by atoms with Gasteiger partial charge in [-0.3, -0.25) is 4.79 Å². The minimum absolute atomic E-state index is 0.0738. The molecule has 154 valence electrons. The van der Waals surface area contributed by atoms with E-state index in [1.165, 1.54) is 0 Å². The molecule has 1 aromatic carbocycles. The molecule has 3 aromatic rings. The summed E-state index contributed by atoms with van der Waals surface area (Å²) < 4.78 is 7.28. The Morgan fingerprint density at radius 1 is 1.27 bits per heavy atom. The standard InChI is InChI=1S/C21H17BrN2O6/c1-2-21(29)13-6-16-17-10(7-24(16)18(25)12(13)8-30-20(21)28)3-11-14(22)4-9(19(26)27)5-15(11)23-17/h3-6,19,26-27,29H,2,7-8H2,1H3/t21-/m0/s1. The van der Waals surface area contributed by atoms with Gasteiger partial charge in [0, 0.05) is 26.5 Å². The summed E-state index contributed by atoms with van der Waals surface area (Å²) in [6.07, 6.45) is -1.57. The first-order chi connectivity index (χ1) is 14.2. The van der Waals surface area contributed by atoms with Crippen LogP contribution in [0.3, 0.4) is 0 Å². The number of esters is 1. The number of halogens is 1. The van der Waals surface area contributed by atoms with Crippen LogP contribution < -0.4 is 5.56 Å². The Labute approximate surface area is 178 Å². The smallest absolute Gasteiger partial charge is 0.343 e. The lowest BCUT2D eigenvalue weighted by molar-refractivity contribution is -0.172. The molecule has 0 fully saturated rings. The summed E-state index contributed by atoms with van der Waals surface area (Å²) in [5, 5.41) is 30.7. The van der Waals surface area contributed by atoms with Crippen LogP contribution in [0, 0.1) is 0 Å². The summed E-state index contributed by atoms with van der Waals surface area (Å²) in [4.78, 5) is 30.1. The number of carbonyl (C=O) groups excluding carboxylic acids is 1. The van der Waals surface area contributed by atoms with Crippen molar-refractivity contribution in [2.24, 2.45) is 0 Å². The molecule has 0 saturated carbocycles. The lowest BCUT2D eigenvalue weighted by atomic mass is 9.86. The third-order valence-electron chi connectivity index (χ3n) is 5.90. The molecule has 0 aliphatic carbocycles. The van der Waals surface area contributed by atoms with E-state index in [-0.39, 0.29) is 35.3 Å². The zero-order valence-corrected chi connectivity index (χ0v) is 17.4. The van der Waals surface area contributed by atoms with E-state index in [0.29, 0.717) is 27.9 Å². The van der Waals surface area contributed by atoms with Crippen LogP contribution in [-0.4, -0.2) is 30.8 Å². The van der Waals surface area contributed by atoms with Crippen LogP contribution in [0.5, 0.6) is 0 Å². The minimum atomic E-state index is -1.88. The first kappa shape index (κ1) is 19.4. The van der Waals surface area contributed by atoms with Gasteiger partial charge in [0.2, 0.25) is 0 Å². The summed E-state index contributed by atoms with van der Waals surface area (Å²) in [7, 11) is 0. The van der Waals surface area contributed by atoms with Gasteiger partial charge in [0.1, 0.15) is 6.61 Å². The van der Waals surface area contributed by atoms with Gasteiger partial charge in [-0.25, -0.2) is 9.78 Å². The number of nitrogens with zero attached hydrogens (tertiary/aromatic N) is 2. The van der Waals surface area contributed by atoms with Crippen molar-refractivity contribution in [1.82, 2.24) is 9.55 Å². The van der Waals surface area contributed by atoms with Gasteiger partial charge in [0.15, 0.2) is 11.9 Å². The van der Waals surface area contributed by atoms with Gasteiger partial charge in [-0.05, 0) is 30.7 Å². The van der Waals surface area contributed by atoms with E-state index >= 15 is 0 Å². The maximum atomic E-state index is 13.1. The molecule has 30 heavy (non-hydrogen) atoms. The number of hydrogen-bond acceptors (Lipinski definition) is 7. The number of fused-ring (bicyclic) bond motifs is 5. The van der Waals surface area contributed by atoms with Crippen LogP contribution in [0.1, 0.15) is 41.9 Å². The zero-order chi connectivity index (χ0) is 21.4. The molecule has 2 aliphatic heterocycles. The molecule has 0 unspecified atom stereocenters. The van der Waals surface area contributed by atoms with Gasteiger partial charge in [0.25, 0.3) is 5.56 Å². The molecule has 0 bridgehead atoms. The molecular formula is C21H17BrN2O6. The van der Waals surface area contributed by atoms with Gasteiger partial charge in [-0.1, -0.05) is 22.9 Å². The van der Waals surface area contributed by atoms with Gasteiger partial charge in [-0.2, -0.15) is 0 Å². The molecule has 8 nitrogen and oxygen atoms in total. The Morgan fingerprint density at radius 3 is 2.73 bits per heavy atom. The van der Waals surface area contributed by atoms with E-state index in [1.807, 2.05) is 6.07 Å². The summed E-state index contributed by atoms with van der Waals surface area (Å²) in [5.41, 5.74) is 1.00. The van der Waals surface area contributed by atoms with Crippen molar-refractivity contribution < 1.29 is 24.9 Å². The normalized spacial score (nSPS) is 19.6. The van der Waals surface area contributed by atoms with Crippen molar-refractivity contribution in [3.63, 3.8) is 0 Å². The van der Waals surface area contributed by atoms with Crippen LogP contribution in [0.25, 0.3) is 22.3 Å². The molecule has 2 aliphatic rings. The molecule has 9 heteroatoms. The first-order valence-electron chi connectivity index (χ1n) is 9.41. The summed E-state index contributed by atoms with van der Waals surface area (Å²) >= 11 is 3.44. The fraction of sp³-hybridized carbons (Fsp3) is 0.286. The Bertz CT molecular complexity index is 1320. The number of carbonyl (C=O) groups is 1. The van der Waals surface area contributed by atoms with Crippen molar-refractivity contribution in [2.75, 3.05) is 0 Å². The second kappa shape index (κ2) is 6.45.